The Balaban J connectivity index is 2.85. The van der Waals surface area contributed by atoms with E-state index in [9.17, 15) is 9.18 Å². The van der Waals surface area contributed by atoms with E-state index in [0.29, 0.717) is 16.4 Å². The van der Waals surface area contributed by atoms with Crippen molar-refractivity contribution < 1.29 is 9.18 Å². The van der Waals surface area contributed by atoms with E-state index in [1.807, 2.05) is 19.9 Å². The van der Waals surface area contributed by atoms with Gasteiger partial charge in [0.2, 0.25) is 0 Å². The first kappa shape index (κ1) is 22.6. The Labute approximate surface area is 162 Å². The average Bonchev–Trinajstić information content (AvgIpc) is 2.58. The van der Waals surface area contributed by atoms with Gasteiger partial charge in [-0.2, -0.15) is 0 Å². The second kappa shape index (κ2) is 12.1. The first-order valence-electron chi connectivity index (χ1n) is 7.71. The summed E-state index contributed by atoms with van der Waals surface area (Å²) in [5.41, 5.74) is 2.45. The van der Waals surface area contributed by atoms with Gasteiger partial charge in [0, 0.05) is 30.1 Å². The Morgan fingerprint density at radius 1 is 1.58 bits per heavy atom. The SMILES string of the molecule is C=N/C=C(\SCc1cnc(C)c(P)c1)C(=O)NC(/C=N\CF)=C/C(C)P. The fourth-order valence-electron chi connectivity index (χ4n) is 1.81. The van der Waals surface area contributed by atoms with Gasteiger partial charge in [0.05, 0.1) is 10.6 Å². The number of nitrogens with one attached hydrogen (secondary N) is 1. The quantitative estimate of drug-likeness (QED) is 0.294. The number of allylic oxidation sites excluding steroid dienone is 2. The Morgan fingerprint density at radius 3 is 2.88 bits per heavy atom. The van der Waals surface area contributed by atoms with E-state index >= 15 is 0 Å². The van der Waals surface area contributed by atoms with Gasteiger partial charge in [-0.05, 0) is 36.2 Å². The second-order valence-corrected chi connectivity index (χ2v) is 8.04. The molecule has 1 heterocycles. The van der Waals surface area contributed by atoms with Gasteiger partial charge in [-0.3, -0.25) is 19.8 Å². The maximum absolute atomic E-state index is 12.5. The Kier molecular flexibility index (Phi) is 10.5. The van der Waals surface area contributed by atoms with Gasteiger partial charge in [0.25, 0.3) is 5.91 Å². The van der Waals surface area contributed by atoms with E-state index in [2.05, 4.69) is 45.5 Å². The lowest BCUT2D eigenvalue weighted by Gasteiger charge is -2.10. The molecule has 3 unspecified atom stereocenters. The largest absolute Gasteiger partial charge is 0.320 e. The topological polar surface area (TPSA) is 66.7 Å². The molecule has 1 aromatic rings. The summed E-state index contributed by atoms with van der Waals surface area (Å²) in [6.07, 6.45) is 6.24. The van der Waals surface area contributed by atoms with Crippen LogP contribution < -0.4 is 10.6 Å². The van der Waals surface area contributed by atoms with Crippen molar-refractivity contribution in [2.24, 2.45) is 9.98 Å². The molecule has 0 fully saturated rings. The van der Waals surface area contributed by atoms with Gasteiger partial charge in [0.1, 0.15) is 0 Å². The molecule has 9 heteroatoms. The lowest BCUT2D eigenvalue weighted by atomic mass is 10.3. The number of hydrogen-bond donors (Lipinski definition) is 1. The number of rotatable bonds is 9. The highest BCUT2D eigenvalue weighted by Gasteiger charge is 2.12. The van der Waals surface area contributed by atoms with Crippen molar-refractivity contribution in [3.63, 3.8) is 0 Å². The first-order chi connectivity index (χ1) is 12.4. The number of pyridine rings is 1. The highest BCUT2D eigenvalue weighted by atomic mass is 32.2. The van der Waals surface area contributed by atoms with Crippen LogP contribution in [0.4, 0.5) is 4.39 Å². The van der Waals surface area contributed by atoms with Crippen molar-refractivity contribution >= 4 is 54.4 Å². The van der Waals surface area contributed by atoms with E-state index < -0.39 is 6.80 Å². The number of alkyl halides is 1. The highest BCUT2D eigenvalue weighted by Crippen LogP contribution is 2.22. The number of nitrogens with zero attached hydrogens (tertiary/aromatic N) is 3. The van der Waals surface area contributed by atoms with Crippen LogP contribution in [-0.4, -0.2) is 36.3 Å². The van der Waals surface area contributed by atoms with Crippen LogP contribution in [0.3, 0.4) is 0 Å². The fraction of sp³-hybridized carbons (Fsp3) is 0.294. The lowest BCUT2D eigenvalue weighted by Crippen LogP contribution is -2.25. The van der Waals surface area contributed by atoms with Gasteiger partial charge >= 0.3 is 0 Å². The van der Waals surface area contributed by atoms with Crippen molar-refractivity contribution in [3.05, 3.63) is 46.4 Å². The zero-order chi connectivity index (χ0) is 19.5. The van der Waals surface area contributed by atoms with E-state index in [-0.39, 0.29) is 11.6 Å². The molecule has 3 atom stereocenters. The third kappa shape index (κ3) is 8.31. The van der Waals surface area contributed by atoms with Crippen molar-refractivity contribution in [1.29, 1.82) is 0 Å². The monoisotopic (exact) mass is 412 g/mol. The number of aromatic nitrogens is 1. The van der Waals surface area contributed by atoms with Crippen LogP contribution in [-0.2, 0) is 10.5 Å². The zero-order valence-electron chi connectivity index (χ0n) is 14.8. The molecule has 0 aromatic carbocycles. The molecule has 1 aromatic heterocycles. The number of carbonyl (C=O) groups is 1. The molecule has 26 heavy (non-hydrogen) atoms. The first-order valence-corrected chi connectivity index (χ1v) is 9.94. The average molecular weight is 412 g/mol. The zero-order valence-corrected chi connectivity index (χ0v) is 17.9. The van der Waals surface area contributed by atoms with E-state index in [1.165, 1.54) is 24.2 Å². The summed E-state index contributed by atoms with van der Waals surface area (Å²) in [5, 5.41) is 3.74. The number of hydrogen-bond acceptors (Lipinski definition) is 5. The minimum absolute atomic E-state index is 0.0908. The Hall–Kier alpha value is -1.42. The highest BCUT2D eigenvalue weighted by molar-refractivity contribution is 8.03. The maximum Gasteiger partial charge on any atom is 0.263 e. The van der Waals surface area contributed by atoms with Gasteiger partial charge in [-0.25, -0.2) is 4.39 Å². The van der Waals surface area contributed by atoms with Crippen LogP contribution in [0.2, 0.25) is 0 Å². The van der Waals surface area contributed by atoms with Crippen molar-refractivity contribution in [1.82, 2.24) is 10.3 Å². The number of halogens is 1. The molecule has 0 aliphatic carbocycles. The summed E-state index contributed by atoms with van der Waals surface area (Å²) in [7, 11) is 5.22. The molecule has 1 rings (SSSR count). The third-order valence-electron chi connectivity index (χ3n) is 3.01. The predicted molar refractivity (Wildman–Crippen MR) is 117 cm³/mol. The lowest BCUT2D eigenvalue weighted by molar-refractivity contribution is -0.116. The van der Waals surface area contributed by atoms with Gasteiger partial charge in [-0.15, -0.1) is 30.2 Å². The fourth-order valence-corrected chi connectivity index (χ4v) is 3.11. The normalized spacial score (nSPS) is 13.7. The van der Waals surface area contributed by atoms with E-state index in [1.54, 1.807) is 12.3 Å². The Morgan fingerprint density at radius 2 is 2.31 bits per heavy atom. The minimum atomic E-state index is -0.845. The summed E-state index contributed by atoms with van der Waals surface area (Å²) < 4.78 is 12.3. The van der Waals surface area contributed by atoms with Gasteiger partial charge in [-0.1, -0.05) is 13.0 Å². The minimum Gasteiger partial charge on any atom is -0.320 e. The van der Waals surface area contributed by atoms with Crippen LogP contribution in [0.5, 0.6) is 0 Å². The summed E-state index contributed by atoms with van der Waals surface area (Å²) in [6.45, 7) is 6.41. The second-order valence-electron chi connectivity index (χ2n) is 5.35. The summed E-state index contributed by atoms with van der Waals surface area (Å²) >= 11 is 1.32. The van der Waals surface area contributed by atoms with Crippen molar-refractivity contribution in [3.8, 4) is 0 Å². The van der Waals surface area contributed by atoms with Gasteiger partial charge < -0.3 is 5.32 Å². The van der Waals surface area contributed by atoms with Crippen LogP contribution in [0.15, 0.2) is 45.1 Å². The molecule has 0 spiro atoms. The van der Waals surface area contributed by atoms with Crippen LogP contribution in [0, 0.1) is 6.92 Å². The predicted octanol–water partition coefficient (Wildman–Crippen LogP) is 2.93. The molecule has 1 N–H and O–H groups in total. The molecule has 0 saturated heterocycles. The Bertz CT molecular complexity index is 735. The molecule has 0 radical (unpaired) electrons. The van der Waals surface area contributed by atoms with Crippen LogP contribution in [0.25, 0.3) is 0 Å². The molecule has 1 amide bonds. The standard InChI is InChI=1S/C17H23FN4OP2S/c1-11(24)4-14(7-20-10-18)22-17(23)16(8-19-3)26-9-13-5-15(25)12(2)21-6-13/h4-8,11H,3,9-10,24-25H2,1-2H3,(H,22,23)/b14-4+,16-8-,20-7-. The summed E-state index contributed by atoms with van der Waals surface area (Å²) in [6, 6.07) is 2.01. The summed E-state index contributed by atoms with van der Waals surface area (Å²) in [4.78, 5) is 24.5. The van der Waals surface area contributed by atoms with Crippen LogP contribution >= 0.6 is 30.2 Å². The van der Waals surface area contributed by atoms with Crippen molar-refractivity contribution in [2.45, 2.75) is 25.3 Å². The molecule has 0 saturated carbocycles. The number of carbonyl (C=O) groups excluding carboxylic acids is 1. The molecule has 0 bridgehead atoms. The van der Waals surface area contributed by atoms with E-state index in [4.69, 9.17) is 0 Å². The maximum atomic E-state index is 12.5. The molecular weight excluding hydrogens is 389 g/mol. The van der Waals surface area contributed by atoms with Crippen molar-refractivity contribution in [2.75, 3.05) is 6.80 Å². The number of amides is 1. The smallest absolute Gasteiger partial charge is 0.263 e. The number of aliphatic imine (C=N–C) groups is 2. The third-order valence-corrected chi connectivity index (χ3v) is 4.87. The summed E-state index contributed by atoms with van der Waals surface area (Å²) in [5.74, 6) is 0.206. The number of thioether (sulfide) groups is 1. The molecule has 140 valence electrons. The molecular formula is C17H23FN4OP2S. The van der Waals surface area contributed by atoms with Crippen LogP contribution in [0.1, 0.15) is 18.2 Å². The van der Waals surface area contributed by atoms with Gasteiger partial charge in [0.15, 0.2) is 6.80 Å². The molecule has 5 nitrogen and oxygen atoms in total. The molecule has 0 aliphatic rings. The number of aryl methyl sites for hydroxylation is 1. The molecule has 0 aliphatic heterocycles. The van der Waals surface area contributed by atoms with E-state index in [0.717, 1.165) is 16.6 Å².